The molecule has 0 fully saturated rings. The maximum Gasteiger partial charge on any atom is 0.123 e. The lowest BCUT2D eigenvalue weighted by molar-refractivity contribution is 0.628. The van der Waals surface area contributed by atoms with Crippen LogP contribution in [-0.2, 0) is 0 Å². The Balaban J connectivity index is 1.65. The summed E-state index contributed by atoms with van der Waals surface area (Å²) in [6, 6.07) is 22.1. The van der Waals surface area contributed by atoms with E-state index >= 15 is 0 Å². The molecule has 0 saturated heterocycles. The normalized spacial score (nSPS) is 11.1. The molecule has 1 N–H and O–H groups in total. The summed E-state index contributed by atoms with van der Waals surface area (Å²) in [4.78, 5) is 7.62. The summed E-state index contributed by atoms with van der Waals surface area (Å²) in [5.74, 6) is -0.268. The Kier molecular flexibility index (Phi) is 3.53. The van der Waals surface area contributed by atoms with Crippen LogP contribution in [0.15, 0.2) is 79.1 Å². The number of hydrogen-bond acceptors (Lipinski definition) is 3. The van der Waals surface area contributed by atoms with Crippen molar-refractivity contribution in [3.8, 4) is 28.2 Å². The Morgan fingerprint density at radius 2 is 1.63 bits per heavy atom. The molecule has 5 aromatic rings. The van der Waals surface area contributed by atoms with E-state index in [0.29, 0.717) is 0 Å². The van der Waals surface area contributed by atoms with Crippen LogP contribution in [0.3, 0.4) is 0 Å². The number of fused-ring (bicyclic) bond motifs is 1. The van der Waals surface area contributed by atoms with E-state index in [0.717, 1.165) is 39.2 Å². The molecule has 6 heteroatoms. The second-order valence-corrected chi connectivity index (χ2v) is 6.17. The highest BCUT2D eigenvalue weighted by Crippen LogP contribution is 2.31. The van der Waals surface area contributed by atoms with Gasteiger partial charge in [-0.15, -0.1) is 5.10 Å². The van der Waals surface area contributed by atoms with Gasteiger partial charge in [0.05, 0.1) is 28.9 Å². The monoisotopic (exact) mass is 355 g/mol. The Labute approximate surface area is 154 Å². The average Bonchev–Trinajstić information content (AvgIpc) is 3.36. The van der Waals surface area contributed by atoms with E-state index in [1.165, 1.54) is 12.1 Å². The van der Waals surface area contributed by atoms with Crippen LogP contribution in [0.2, 0.25) is 0 Å². The van der Waals surface area contributed by atoms with Crippen molar-refractivity contribution in [3.63, 3.8) is 0 Å². The molecule has 5 nitrogen and oxygen atoms in total. The van der Waals surface area contributed by atoms with Crippen molar-refractivity contribution >= 4 is 11.0 Å². The molecule has 0 radical (unpaired) electrons. The van der Waals surface area contributed by atoms with Crippen LogP contribution in [-0.4, -0.2) is 25.0 Å². The third-order valence-electron chi connectivity index (χ3n) is 4.49. The van der Waals surface area contributed by atoms with Crippen LogP contribution < -0.4 is 0 Å². The molecule has 2 heterocycles. The van der Waals surface area contributed by atoms with Gasteiger partial charge in [0.25, 0.3) is 0 Å². The summed E-state index contributed by atoms with van der Waals surface area (Å²) in [5, 5.41) is 8.53. The fourth-order valence-electron chi connectivity index (χ4n) is 3.18. The number of nitrogens with one attached hydrogen (secondary N) is 1. The van der Waals surface area contributed by atoms with Crippen LogP contribution in [0.4, 0.5) is 4.39 Å². The third kappa shape index (κ3) is 2.67. The van der Waals surface area contributed by atoms with Gasteiger partial charge in [-0.25, -0.2) is 14.1 Å². The lowest BCUT2D eigenvalue weighted by Gasteiger charge is -2.05. The number of hydrogen-bond donors (Lipinski definition) is 1. The number of benzene rings is 3. The number of imidazole rings is 1. The fraction of sp³-hybridized carbons (Fsp3) is 0. The van der Waals surface area contributed by atoms with Gasteiger partial charge in [-0.05, 0) is 48.5 Å². The minimum atomic E-state index is -0.268. The molecule has 0 bridgehead atoms. The molecule has 3 aromatic carbocycles. The predicted octanol–water partition coefficient (Wildman–Crippen LogP) is 4.62. The van der Waals surface area contributed by atoms with Gasteiger partial charge in [0.1, 0.15) is 11.3 Å². The molecule has 0 atom stereocenters. The van der Waals surface area contributed by atoms with E-state index in [2.05, 4.69) is 20.3 Å². The van der Waals surface area contributed by atoms with Crippen molar-refractivity contribution in [1.29, 1.82) is 0 Å². The molecular weight excluding hydrogens is 341 g/mol. The minimum absolute atomic E-state index is 0.268. The van der Waals surface area contributed by atoms with E-state index in [-0.39, 0.29) is 5.82 Å². The minimum Gasteiger partial charge on any atom is -0.344 e. The highest BCUT2D eigenvalue weighted by Gasteiger charge is 2.13. The number of rotatable bonds is 3. The molecule has 0 unspecified atom stereocenters. The van der Waals surface area contributed by atoms with Crippen molar-refractivity contribution < 1.29 is 4.39 Å². The van der Waals surface area contributed by atoms with E-state index in [4.69, 9.17) is 0 Å². The highest BCUT2D eigenvalue weighted by atomic mass is 19.1. The molecule has 0 saturated carbocycles. The van der Waals surface area contributed by atoms with Gasteiger partial charge in [-0.1, -0.05) is 29.5 Å². The second-order valence-electron chi connectivity index (χ2n) is 6.17. The standard InChI is InChI=1S/C21H14FN5/c22-16-9-6-14(7-10-16)20-21(24-13-23-20)15-8-11-18-19(12-15)27(26-25-18)17-4-2-1-3-5-17/h1-13H,(H,23,24). The Hall–Kier alpha value is -3.80. The van der Waals surface area contributed by atoms with Crippen molar-refractivity contribution in [2.45, 2.75) is 0 Å². The highest BCUT2D eigenvalue weighted by molar-refractivity contribution is 5.86. The predicted molar refractivity (Wildman–Crippen MR) is 102 cm³/mol. The van der Waals surface area contributed by atoms with E-state index < -0.39 is 0 Å². The first-order valence-electron chi connectivity index (χ1n) is 8.50. The molecular formula is C21H14FN5. The zero-order valence-electron chi connectivity index (χ0n) is 14.2. The first-order valence-corrected chi connectivity index (χ1v) is 8.50. The number of para-hydroxylation sites is 1. The first-order chi connectivity index (χ1) is 13.3. The first kappa shape index (κ1) is 15.5. The summed E-state index contributed by atoms with van der Waals surface area (Å²) in [6.45, 7) is 0. The van der Waals surface area contributed by atoms with Crippen molar-refractivity contribution in [1.82, 2.24) is 25.0 Å². The molecule has 2 aromatic heterocycles. The molecule has 0 spiro atoms. The molecule has 0 aliphatic rings. The lowest BCUT2D eigenvalue weighted by Crippen LogP contribution is -1.96. The van der Waals surface area contributed by atoms with Gasteiger partial charge in [0.15, 0.2) is 0 Å². The summed E-state index contributed by atoms with van der Waals surface area (Å²) >= 11 is 0. The average molecular weight is 355 g/mol. The maximum absolute atomic E-state index is 13.3. The number of aromatic amines is 1. The van der Waals surface area contributed by atoms with Gasteiger partial charge in [-0.3, -0.25) is 0 Å². The van der Waals surface area contributed by atoms with E-state index in [9.17, 15) is 4.39 Å². The zero-order valence-corrected chi connectivity index (χ0v) is 14.2. The van der Waals surface area contributed by atoms with Crippen molar-refractivity contribution in [3.05, 3.63) is 84.9 Å². The lowest BCUT2D eigenvalue weighted by atomic mass is 10.0. The van der Waals surface area contributed by atoms with Gasteiger partial charge < -0.3 is 4.98 Å². The van der Waals surface area contributed by atoms with Crippen molar-refractivity contribution in [2.75, 3.05) is 0 Å². The summed E-state index contributed by atoms with van der Waals surface area (Å²) in [7, 11) is 0. The molecule has 0 aliphatic carbocycles. The quantitative estimate of drug-likeness (QED) is 0.514. The number of nitrogens with zero attached hydrogens (tertiary/aromatic N) is 4. The van der Waals surface area contributed by atoms with Crippen LogP contribution in [0.25, 0.3) is 39.2 Å². The van der Waals surface area contributed by atoms with E-state index in [1.54, 1.807) is 18.5 Å². The fourth-order valence-corrected chi connectivity index (χ4v) is 3.18. The summed E-state index contributed by atoms with van der Waals surface area (Å²) in [5.41, 5.74) is 6.10. The second kappa shape index (κ2) is 6.17. The van der Waals surface area contributed by atoms with Crippen LogP contribution in [0.5, 0.6) is 0 Å². The molecule has 0 amide bonds. The molecule has 5 rings (SSSR count). The Morgan fingerprint density at radius 3 is 2.44 bits per heavy atom. The molecule has 130 valence electrons. The topological polar surface area (TPSA) is 59.4 Å². The van der Waals surface area contributed by atoms with Gasteiger partial charge >= 0.3 is 0 Å². The van der Waals surface area contributed by atoms with Gasteiger partial charge in [0.2, 0.25) is 0 Å². The van der Waals surface area contributed by atoms with E-state index in [1.807, 2.05) is 53.2 Å². The zero-order chi connectivity index (χ0) is 18.2. The number of H-pyrrole nitrogens is 1. The number of halogens is 1. The van der Waals surface area contributed by atoms with Crippen molar-refractivity contribution in [2.24, 2.45) is 0 Å². The van der Waals surface area contributed by atoms with Crippen LogP contribution >= 0.6 is 0 Å². The summed E-state index contributed by atoms with van der Waals surface area (Å²) in [6.07, 6.45) is 1.64. The van der Waals surface area contributed by atoms with Crippen LogP contribution in [0.1, 0.15) is 0 Å². The largest absolute Gasteiger partial charge is 0.344 e. The number of aromatic nitrogens is 5. The molecule has 0 aliphatic heterocycles. The molecule has 27 heavy (non-hydrogen) atoms. The maximum atomic E-state index is 13.3. The third-order valence-corrected chi connectivity index (χ3v) is 4.49. The Bertz CT molecular complexity index is 1220. The summed E-state index contributed by atoms with van der Waals surface area (Å²) < 4.78 is 15.1. The smallest absolute Gasteiger partial charge is 0.123 e. The van der Waals surface area contributed by atoms with Crippen LogP contribution in [0, 0.1) is 5.82 Å². The SMILES string of the molecule is Fc1ccc(-c2nc[nH]c2-c2ccc3nnn(-c4ccccc4)c3c2)cc1. The van der Waals surface area contributed by atoms with Gasteiger partial charge in [-0.2, -0.15) is 0 Å². The van der Waals surface area contributed by atoms with Gasteiger partial charge in [0, 0.05) is 11.1 Å². The Morgan fingerprint density at radius 1 is 0.852 bits per heavy atom.